The molecule has 0 fully saturated rings. The molecule has 258 valence electrons. The Morgan fingerprint density at radius 1 is 0.750 bits per heavy atom. The fourth-order valence-corrected chi connectivity index (χ4v) is 6.24. The summed E-state index contributed by atoms with van der Waals surface area (Å²) in [6.45, 7) is 8.71. The first-order valence-electron chi connectivity index (χ1n) is 18.0. The molecule has 0 aliphatic carbocycles. The van der Waals surface area contributed by atoms with Crippen LogP contribution in [-0.2, 0) is 0 Å². The van der Waals surface area contributed by atoms with Gasteiger partial charge in [-0.2, -0.15) is 5.26 Å². The maximum Gasteiger partial charge on any atom is 0.100 e. The molecule has 0 spiro atoms. The number of allylic oxidation sites excluding steroid dienone is 8. The Morgan fingerprint density at radius 2 is 1.38 bits per heavy atom. The minimum atomic E-state index is -0.122. The molecule has 0 radical (unpaired) electrons. The lowest BCUT2D eigenvalue weighted by atomic mass is 9.87. The second-order valence-corrected chi connectivity index (χ2v) is 12.7. The summed E-state index contributed by atoms with van der Waals surface area (Å²) in [6, 6.07) is 46.0. The number of nitrogens with two attached hydrogens (primary N) is 1. The van der Waals surface area contributed by atoms with Crippen LogP contribution in [0.4, 0.5) is 0 Å². The maximum absolute atomic E-state index is 10.5. The second-order valence-electron chi connectivity index (χ2n) is 12.7. The normalized spacial score (nSPS) is 13.0. The van der Waals surface area contributed by atoms with Crippen molar-refractivity contribution in [2.24, 2.45) is 10.7 Å². The average molecular weight is 678 g/mol. The van der Waals surface area contributed by atoms with E-state index in [1.54, 1.807) is 6.08 Å². The number of nitriles is 1. The van der Waals surface area contributed by atoms with E-state index in [2.05, 4.69) is 136 Å². The molecule has 5 aromatic rings. The van der Waals surface area contributed by atoms with Gasteiger partial charge in [-0.3, -0.25) is 4.99 Å². The average Bonchev–Trinajstić information content (AvgIpc) is 3.20. The van der Waals surface area contributed by atoms with Gasteiger partial charge >= 0.3 is 0 Å². The molecule has 5 rings (SSSR count). The van der Waals surface area contributed by atoms with Gasteiger partial charge in [0.2, 0.25) is 0 Å². The first-order chi connectivity index (χ1) is 25.5. The zero-order valence-corrected chi connectivity index (χ0v) is 30.3. The molecule has 0 aromatic heterocycles. The van der Waals surface area contributed by atoms with Crippen LogP contribution in [0.1, 0.15) is 55.8 Å². The topological polar surface area (TPSA) is 62.2 Å². The van der Waals surface area contributed by atoms with Crippen LogP contribution in [0, 0.1) is 11.3 Å². The minimum Gasteiger partial charge on any atom is -0.324 e. The molecule has 0 amide bonds. The van der Waals surface area contributed by atoms with E-state index in [-0.39, 0.29) is 6.04 Å². The van der Waals surface area contributed by atoms with Crippen LogP contribution in [0.15, 0.2) is 187 Å². The van der Waals surface area contributed by atoms with Crippen molar-refractivity contribution in [1.29, 1.82) is 5.26 Å². The van der Waals surface area contributed by atoms with Gasteiger partial charge in [-0.25, -0.2) is 0 Å². The van der Waals surface area contributed by atoms with Crippen molar-refractivity contribution in [1.82, 2.24) is 0 Å². The largest absolute Gasteiger partial charge is 0.324 e. The molecule has 0 bridgehead atoms. The lowest BCUT2D eigenvalue weighted by molar-refractivity contribution is 0.758. The number of hydrogen-bond acceptors (Lipinski definition) is 3. The molecule has 0 saturated heterocycles. The van der Waals surface area contributed by atoms with Crippen LogP contribution in [0.3, 0.4) is 0 Å². The van der Waals surface area contributed by atoms with Gasteiger partial charge < -0.3 is 5.73 Å². The molecule has 1 atom stereocenters. The summed E-state index contributed by atoms with van der Waals surface area (Å²) in [6.07, 6.45) is 16.6. The van der Waals surface area contributed by atoms with Gasteiger partial charge in [0.15, 0.2) is 0 Å². The van der Waals surface area contributed by atoms with Crippen molar-refractivity contribution in [3.05, 3.63) is 199 Å². The van der Waals surface area contributed by atoms with Gasteiger partial charge in [-0.15, -0.1) is 0 Å². The standard InChI is InChI=1S/C49H47N3/c1-4-6-11-21-37(3)49(35-48(51)41-27-16-9-17-28-41)52-31-19-10-18-22-38(5-2)42-29-20-30-43(32-42)46-34-44(39-23-12-7-13-24-39)33-45(47(46)36-50)40-25-14-8-15-26-40/h4,6-18,20-30,32-34,48H,1,5,19,31,35,51H2,2-3H3/b11-6-,18-10-,37-21+,38-22+,52-49?. The van der Waals surface area contributed by atoms with E-state index in [0.29, 0.717) is 18.5 Å². The minimum absolute atomic E-state index is 0.122. The summed E-state index contributed by atoms with van der Waals surface area (Å²) in [5.74, 6) is 0. The molecule has 1 unspecified atom stereocenters. The third kappa shape index (κ3) is 10.0. The first kappa shape index (κ1) is 37.2. The number of hydrogen-bond donors (Lipinski definition) is 1. The third-order valence-corrected chi connectivity index (χ3v) is 9.09. The Kier molecular flexibility index (Phi) is 13.8. The Hall–Kier alpha value is -6.08. The molecule has 52 heavy (non-hydrogen) atoms. The highest BCUT2D eigenvalue weighted by atomic mass is 14.7. The molecule has 5 aromatic carbocycles. The van der Waals surface area contributed by atoms with Gasteiger partial charge in [0.05, 0.1) is 5.56 Å². The predicted octanol–water partition coefficient (Wildman–Crippen LogP) is 12.5. The number of nitrogens with zero attached hydrogens (tertiary/aromatic N) is 2. The molecule has 3 nitrogen and oxygen atoms in total. The lowest BCUT2D eigenvalue weighted by Gasteiger charge is -2.15. The Bertz CT molecular complexity index is 2130. The lowest BCUT2D eigenvalue weighted by Crippen LogP contribution is -2.16. The summed E-state index contributed by atoms with van der Waals surface area (Å²) < 4.78 is 0. The van der Waals surface area contributed by atoms with Crippen LogP contribution < -0.4 is 5.73 Å². The number of benzene rings is 5. The van der Waals surface area contributed by atoms with Crippen LogP contribution >= 0.6 is 0 Å². The van der Waals surface area contributed by atoms with E-state index in [1.807, 2.05) is 54.6 Å². The van der Waals surface area contributed by atoms with Gasteiger partial charge in [0, 0.05) is 35.8 Å². The van der Waals surface area contributed by atoms with Crippen molar-refractivity contribution in [3.8, 4) is 39.4 Å². The van der Waals surface area contributed by atoms with Gasteiger partial charge in [0.1, 0.15) is 6.07 Å². The summed E-state index contributed by atoms with van der Waals surface area (Å²) in [7, 11) is 0. The fourth-order valence-electron chi connectivity index (χ4n) is 6.24. The SMILES string of the molecule is C=C/C=C\C=C(/C)C(CC(N)c1ccccc1)=NCC/C=C\C=C(/CC)c1cccc(-c2cc(-c3ccccc3)cc(-c3ccccc3)c2C#N)c1. The summed E-state index contributed by atoms with van der Waals surface area (Å²) >= 11 is 0. The van der Waals surface area contributed by atoms with Crippen LogP contribution in [0.5, 0.6) is 0 Å². The molecular weight excluding hydrogens is 631 g/mol. The molecule has 2 N–H and O–H groups in total. The molecule has 0 aliphatic rings. The van der Waals surface area contributed by atoms with Gasteiger partial charge in [-0.1, -0.05) is 165 Å². The van der Waals surface area contributed by atoms with Gasteiger partial charge in [-0.05, 0) is 82.5 Å². The van der Waals surface area contributed by atoms with E-state index in [1.165, 1.54) is 5.57 Å². The predicted molar refractivity (Wildman–Crippen MR) is 223 cm³/mol. The molecule has 0 saturated carbocycles. The van der Waals surface area contributed by atoms with Crippen molar-refractivity contribution in [2.75, 3.05) is 6.54 Å². The quantitative estimate of drug-likeness (QED) is 0.0681. The van der Waals surface area contributed by atoms with Gasteiger partial charge in [0.25, 0.3) is 0 Å². The summed E-state index contributed by atoms with van der Waals surface area (Å²) in [4.78, 5) is 4.99. The fraction of sp³-hybridized carbons (Fsp3) is 0.143. The maximum atomic E-state index is 10.5. The van der Waals surface area contributed by atoms with E-state index < -0.39 is 0 Å². The highest BCUT2D eigenvalue weighted by Gasteiger charge is 2.16. The smallest absolute Gasteiger partial charge is 0.100 e. The van der Waals surface area contributed by atoms with Crippen LogP contribution in [-0.4, -0.2) is 12.3 Å². The van der Waals surface area contributed by atoms with Crippen molar-refractivity contribution >= 4 is 11.3 Å². The van der Waals surface area contributed by atoms with Crippen molar-refractivity contribution in [3.63, 3.8) is 0 Å². The van der Waals surface area contributed by atoms with Crippen molar-refractivity contribution in [2.45, 2.75) is 39.2 Å². The summed E-state index contributed by atoms with van der Waals surface area (Å²) in [5.41, 5.74) is 19.0. The highest BCUT2D eigenvalue weighted by molar-refractivity contribution is 6.00. The Balaban J connectivity index is 1.38. The molecule has 3 heteroatoms. The Morgan fingerprint density at radius 3 is 2.04 bits per heavy atom. The van der Waals surface area contributed by atoms with E-state index in [0.717, 1.165) is 68.6 Å². The molecule has 0 aliphatic heterocycles. The first-order valence-corrected chi connectivity index (χ1v) is 18.0. The summed E-state index contributed by atoms with van der Waals surface area (Å²) in [5, 5.41) is 10.5. The number of aliphatic imine (C=N–C) groups is 1. The molecular formula is C49H47N3. The zero-order valence-electron chi connectivity index (χ0n) is 30.3. The van der Waals surface area contributed by atoms with Crippen molar-refractivity contribution < 1.29 is 0 Å². The highest BCUT2D eigenvalue weighted by Crippen LogP contribution is 2.38. The van der Waals surface area contributed by atoms with E-state index in [9.17, 15) is 5.26 Å². The van der Waals surface area contributed by atoms with Crippen LogP contribution in [0.2, 0.25) is 0 Å². The monoisotopic (exact) mass is 677 g/mol. The van der Waals surface area contributed by atoms with E-state index >= 15 is 0 Å². The van der Waals surface area contributed by atoms with Crippen LogP contribution in [0.25, 0.3) is 39.0 Å². The Labute approximate surface area is 310 Å². The number of rotatable bonds is 15. The second kappa shape index (κ2) is 19.3. The zero-order chi connectivity index (χ0) is 36.5. The molecule has 0 heterocycles. The van der Waals surface area contributed by atoms with E-state index in [4.69, 9.17) is 10.7 Å². The third-order valence-electron chi connectivity index (χ3n) is 9.09.